The van der Waals surface area contributed by atoms with Crippen LogP contribution in [0.1, 0.15) is 51.5 Å². The van der Waals surface area contributed by atoms with Crippen molar-refractivity contribution in [2.24, 2.45) is 10.9 Å². The highest BCUT2D eigenvalue weighted by molar-refractivity contribution is 14.0. The molecule has 27 heavy (non-hydrogen) atoms. The molecule has 1 saturated carbocycles. The van der Waals surface area contributed by atoms with Crippen LogP contribution in [0.3, 0.4) is 0 Å². The van der Waals surface area contributed by atoms with E-state index in [9.17, 15) is 0 Å². The van der Waals surface area contributed by atoms with Crippen LogP contribution in [0.25, 0.3) is 0 Å². The summed E-state index contributed by atoms with van der Waals surface area (Å²) in [7, 11) is 1.78. The maximum Gasteiger partial charge on any atom is 0.218 e. The third-order valence-corrected chi connectivity index (χ3v) is 4.31. The van der Waals surface area contributed by atoms with E-state index in [0.29, 0.717) is 18.6 Å². The SMILES string of the molecule is CN=C(NCCCOCC(C)C)NCc1cccnc1OC1CCCC1.I. The lowest BCUT2D eigenvalue weighted by Crippen LogP contribution is -2.37. The van der Waals surface area contributed by atoms with Gasteiger partial charge in [-0.05, 0) is 44.1 Å². The fourth-order valence-electron chi connectivity index (χ4n) is 2.93. The third-order valence-electron chi connectivity index (χ3n) is 4.31. The number of aromatic nitrogens is 1. The second-order valence-corrected chi connectivity index (χ2v) is 7.17. The summed E-state index contributed by atoms with van der Waals surface area (Å²) in [5, 5.41) is 6.66. The molecular formula is C20H35IN4O2. The number of rotatable bonds is 10. The number of hydrogen-bond acceptors (Lipinski definition) is 4. The average Bonchev–Trinajstić information content (AvgIpc) is 3.14. The molecule has 0 bridgehead atoms. The van der Waals surface area contributed by atoms with Gasteiger partial charge in [0.25, 0.3) is 0 Å². The van der Waals surface area contributed by atoms with Crippen molar-refractivity contribution in [3.8, 4) is 5.88 Å². The molecule has 0 atom stereocenters. The smallest absolute Gasteiger partial charge is 0.218 e. The minimum atomic E-state index is 0. The number of halogens is 1. The topological polar surface area (TPSA) is 67.8 Å². The normalized spacial score (nSPS) is 14.9. The molecule has 154 valence electrons. The van der Waals surface area contributed by atoms with E-state index < -0.39 is 0 Å². The van der Waals surface area contributed by atoms with E-state index in [1.54, 1.807) is 13.2 Å². The van der Waals surface area contributed by atoms with E-state index in [1.165, 1.54) is 12.8 Å². The van der Waals surface area contributed by atoms with Gasteiger partial charge in [-0.1, -0.05) is 19.9 Å². The van der Waals surface area contributed by atoms with E-state index in [2.05, 4.69) is 40.5 Å². The molecule has 0 unspecified atom stereocenters. The molecule has 1 aliphatic rings. The largest absolute Gasteiger partial charge is 0.474 e. The summed E-state index contributed by atoms with van der Waals surface area (Å²) in [5.74, 6) is 2.10. The molecule has 2 rings (SSSR count). The van der Waals surface area contributed by atoms with Crippen molar-refractivity contribution < 1.29 is 9.47 Å². The van der Waals surface area contributed by atoms with Gasteiger partial charge in [-0.2, -0.15) is 0 Å². The van der Waals surface area contributed by atoms with Crippen molar-refractivity contribution >= 4 is 29.9 Å². The van der Waals surface area contributed by atoms with Gasteiger partial charge in [0, 0.05) is 45.1 Å². The van der Waals surface area contributed by atoms with Gasteiger partial charge in [-0.25, -0.2) is 4.98 Å². The number of ether oxygens (including phenoxy) is 2. The van der Waals surface area contributed by atoms with Crippen molar-refractivity contribution in [3.63, 3.8) is 0 Å². The first-order chi connectivity index (χ1) is 12.7. The van der Waals surface area contributed by atoms with E-state index in [4.69, 9.17) is 9.47 Å². The Balaban J connectivity index is 0.00000364. The predicted molar refractivity (Wildman–Crippen MR) is 121 cm³/mol. The van der Waals surface area contributed by atoms with Crippen LogP contribution in [0.5, 0.6) is 5.88 Å². The van der Waals surface area contributed by atoms with Gasteiger partial charge in [-0.3, -0.25) is 4.99 Å². The third kappa shape index (κ3) is 9.60. The van der Waals surface area contributed by atoms with Crippen LogP contribution in [-0.4, -0.2) is 43.9 Å². The Labute approximate surface area is 180 Å². The molecule has 1 aromatic rings. The van der Waals surface area contributed by atoms with E-state index in [1.807, 2.05) is 6.07 Å². The Morgan fingerprint density at radius 3 is 2.78 bits per heavy atom. The van der Waals surface area contributed by atoms with Crippen LogP contribution in [0, 0.1) is 5.92 Å². The first-order valence-electron chi connectivity index (χ1n) is 9.82. The van der Waals surface area contributed by atoms with Crippen LogP contribution < -0.4 is 15.4 Å². The van der Waals surface area contributed by atoms with Crippen molar-refractivity contribution in [2.45, 2.75) is 58.6 Å². The summed E-state index contributed by atoms with van der Waals surface area (Å²) < 4.78 is 11.7. The first kappa shape index (κ1) is 23.9. The highest BCUT2D eigenvalue weighted by Gasteiger charge is 2.18. The Kier molecular flexibility index (Phi) is 12.4. The second kappa shape index (κ2) is 14.0. The lowest BCUT2D eigenvalue weighted by Gasteiger charge is -2.17. The summed E-state index contributed by atoms with van der Waals surface area (Å²) >= 11 is 0. The number of guanidine groups is 1. The molecular weight excluding hydrogens is 455 g/mol. The Bertz CT molecular complexity index is 549. The highest BCUT2D eigenvalue weighted by Crippen LogP contribution is 2.24. The summed E-state index contributed by atoms with van der Waals surface area (Å²) in [6.45, 7) is 7.37. The fourth-order valence-corrected chi connectivity index (χ4v) is 2.93. The van der Waals surface area contributed by atoms with Gasteiger partial charge < -0.3 is 20.1 Å². The monoisotopic (exact) mass is 490 g/mol. The Morgan fingerprint density at radius 1 is 1.30 bits per heavy atom. The fraction of sp³-hybridized carbons (Fsp3) is 0.700. The summed E-state index contributed by atoms with van der Waals surface area (Å²) in [6.07, 6.45) is 7.82. The summed E-state index contributed by atoms with van der Waals surface area (Å²) in [5.41, 5.74) is 1.06. The van der Waals surface area contributed by atoms with Gasteiger partial charge in [0.1, 0.15) is 6.10 Å². The molecule has 1 aliphatic carbocycles. The molecule has 0 saturated heterocycles. The molecule has 1 fully saturated rings. The van der Waals surface area contributed by atoms with Gasteiger partial charge >= 0.3 is 0 Å². The average molecular weight is 490 g/mol. The zero-order valence-corrected chi connectivity index (χ0v) is 19.2. The van der Waals surface area contributed by atoms with Gasteiger partial charge in [0.15, 0.2) is 5.96 Å². The molecule has 0 radical (unpaired) electrons. The minimum Gasteiger partial charge on any atom is -0.474 e. The lowest BCUT2D eigenvalue weighted by molar-refractivity contribution is 0.108. The number of nitrogens with zero attached hydrogens (tertiary/aromatic N) is 2. The standard InChI is InChI=1S/C20H34N4O2.HI/c1-16(2)15-25-13-7-12-23-20(21-3)24-14-17-8-6-11-22-19(17)26-18-9-4-5-10-18;/h6,8,11,16,18H,4-5,7,9-10,12-15H2,1-3H3,(H2,21,23,24);1H. The van der Waals surface area contributed by atoms with Crippen molar-refractivity contribution in [3.05, 3.63) is 23.9 Å². The zero-order valence-electron chi connectivity index (χ0n) is 16.9. The zero-order chi connectivity index (χ0) is 18.6. The predicted octanol–water partition coefficient (Wildman–Crippen LogP) is 3.75. The van der Waals surface area contributed by atoms with Crippen LogP contribution in [-0.2, 0) is 11.3 Å². The lowest BCUT2D eigenvalue weighted by atomic mass is 10.2. The maximum absolute atomic E-state index is 6.09. The van der Waals surface area contributed by atoms with E-state index in [-0.39, 0.29) is 24.0 Å². The molecule has 2 N–H and O–H groups in total. The van der Waals surface area contributed by atoms with Gasteiger partial charge in [0.2, 0.25) is 5.88 Å². The van der Waals surface area contributed by atoms with Crippen LogP contribution in [0.4, 0.5) is 0 Å². The van der Waals surface area contributed by atoms with Gasteiger partial charge in [-0.15, -0.1) is 24.0 Å². The molecule has 0 aromatic carbocycles. The van der Waals surface area contributed by atoms with Crippen LogP contribution in [0.2, 0.25) is 0 Å². The number of hydrogen-bond donors (Lipinski definition) is 2. The molecule has 0 amide bonds. The molecule has 0 aliphatic heterocycles. The maximum atomic E-state index is 6.09. The number of pyridine rings is 1. The number of nitrogens with one attached hydrogen (secondary N) is 2. The van der Waals surface area contributed by atoms with Crippen molar-refractivity contribution in [2.75, 3.05) is 26.8 Å². The van der Waals surface area contributed by atoms with Crippen LogP contribution in [0.15, 0.2) is 23.3 Å². The minimum absolute atomic E-state index is 0. The van der Waals surface area contributed by atoms with E-state index in [0.717, 1.165) is 56.4 Å². The molecule has 0 spiro atoms. The molecule has 7 heteroatoms. The first-order valence-corrected chi connectivity index (χ1v) is 9.82. The van der Waals surface area contributed by atoms with E-state index >= 15 is 0 Å². The Hall–Kier alpha value is -1.09. The number of aliphatic imine (C=N–C) groups is 1. The molecule has 6 nitrogen and oxygen atoms in total. The highest BCUT2D eigenvalue weighted by atomic mass is 127. The summed E-state index contributed by atoms with van der Waals surface area (Å²) in [4.78, 5) is 8.69. The Morgan fingerprint density at radius 2 is 2.07 bits per heavy atom. The van der Waals surface area contributed by atoms with Crippen LogP contribution >= 0.6 is 24.0 Å². The van der Waals surface area contributed by atoms with Gasteiger partial charge in [0.05, 0.1) is 0 Å². The summed E-state index contributed by atoms with van der Waals surface area (Å²) in [6, 6.07) is 4.00. The second-order valence-electron chi connectivity index (χ2n) is 7.17. The molecule has 1 aromatic heterocycles. The van der Waals surface area contributed by atoms with Crippen molar-refractivity contribution in [1.29, 1.82) is 0 Å². The van der Waals surface area contributed by atoms with Crippen molar-refractivity contribution in [1.82, 2.24) is 15.6 Å². The molecule has 1 heterocycles. The quantitative estimate of drug-likeness (QED) is 0.226.